The van der Waals surface area contributed by atoms with Crippen molar-refractivity contribution >= 4 is 11.8 Å². The van der Waals surface area contributed by atoms with Crippen molar-refractivity contribution in [1.29, 1.82) is 0 Å². The Bertz CT molecular complexity index is 764. The Morgan fingerprint density at radius 3 is 1.63 bits per heavy atom. The molecule has 2 aliphatic rings. The topological polar surface area (TPSA) is 93.1 Å². The van der Waals surface area contributed by atoms with Crippen LogP contribution in [0, 0.1) is 0 Å². The summed E-state index contributed by atoms with van der Waals surface area (Å²) in [4.78, 5) is 23.5. The predicted molar refractivity (Wildman–Crippen MR) is 175 cm³/mol. The van der Waals surface area contributed by atoms with E-state index in [4.69, 9.17) is 9.47 Å². The van der Waals surface area contributed by atoms with E-state index in [1.54, 1.807) is 0 Å². The normalized spacial score (nSPS) is 21.6. The van der Waals surface area contributed by atoms with Crippen LogP contribution in [0.25, 0.3) is 0 Å². The molecule has 0 unspecified atom stereocenters. The quantitative estimate of drug-likeness (QED) is 0.0682. The first kappa shape index (κ1) is 37.9. The highest BCUT2D eigenvalue weighted by Crippen LogP contribution is 2.28. The van der Waals surface area contributed by atoms with Gasteiger partial charge < -0.3 is 19.7 Å². The third kappa shape index (κ3) is 17.7. The van der Waals surface area contributed by atoms with Gasteiger partial charge in [0.15, 0.2) is 0 Å². The van der Waals surface area contributed by atoms with Crippen molar-refractivity contribution in [3.05, 3.63) is 11.6 Å². The number of aliphatic hydroxyl groups excluding tert-OH is 2. The van der Waals surface area contributed by atoms with E-state index in [0.29, 0.717) is 12.2 Å². The van der Waals surface area contributed by atoms with E-state index in [1.165, 1.54) is 64.2 Å². The largest absolute Gasteiger partial charge is 0.455 e. The molecule has 0 aromatic carbocycles. The van der Waals surface area contributed by atoms with E-state index >= 15 is 0 Å². The van der Waals surface area contributed by atoms with Crippen LogP contribution in [0.3, 0.4) is 0 Å². The van der Waals surface area contributed by atoms with E-state index in [2.05, 4.69) is 6.92 Å². The summed E-state index contributed by atoms with van der Waals surface area (Å²) in [5, 5.41) is 21.2. The van der Waals surface area contributed by atoms with Crippen molar-refractivity contribution in [2.24, 2.45) is 0 Å². The molecule has 2 rings (SSSR count). The highest BCUT2D eigenvalue weighted by Gasteiger charge is 2.34. The molecule has 0 aliphatic carbocycles. The molecule has 1 fully saturated rings. The molecule has 0 spiro atoms. The Hall–Kier alpha value is -1.24. The van der Waals surface area contributed by atoms with Gasteiger partial charge in [-0.3, -0.25) is 4.79 Å². The molecule has 6 nitrogen and oxygen atoms in total. The summed E-state index contributed by atoms with van der Waals surface area (Å²) in [5.41, 5.74) is 0.870. The minimum atomic E-state index is -0.446. The molecule has 2 aliphatic heterocycles. The number of aliphatic hydroxyl groups is 2. The van der Waals surface area contributed by atoms with E-state index in [1.807, 2.05) is 13.0 Å². The number of rotatable bonds is 28. The second kappa shape index (κ2) is 24.1. The summed E-state index contributed by atoms with van der Waals surface area (Å²) in [6, 6.07) is 0. The zero-order valence-corrected chi connectivity index (χ0v) is 27.9. The number of unbranched alkanes of at least 4 members (excludes halogenated alkanes) is 16. The summed E-state index contributed by atoms with van der Waals surface area (Å²) in [6.45, 7) is 4.08. The zero-order valence-electron chi connectivity index (χ0n) is 27.9. The maximum Gasteiger partial charge on any atom is 0.334 e. The lowest BCUT2D eigenvalue weighted by molar-refractivity contribution is -0.139. The van der Waals surface area contributed by atoms with Crippen LogP contribution >= 0.6 is 0 Å². The standard InChI is InChI=1S/C37H66O6/c1-3-4-17-23-32(38)24-19-15-16-21-26-34(40)36-28-27-35(43-36)33(39)25-20-14-12-10-8-6-5-7-9-11-13-18-22-31-29-30(2)42-37(31)41/h29-30,33-36,39-40H,3-28H2,1-2H3/t30-,33+,34+,35+,36+/m0/s1. The minimum absolute atomic E-state index is 0.0452. The fourth-order valence-corrected chi connectivity index (χ4v) is 6.61. The van der Waals surface area contributed by atoms with Crippen LogP contribution in [0.2, 0.25) is 0 Å². The number of Topliss-reactive ketones (excluding diaryl/α,β-unsaturated/α-hetero) is 1. The van der Waals surface area contributed by atoms with Gasteiger partial charge >= 0.3 is 5.97 Å². The van der Waals surface area contributed by atoms with Gasteiger partial charge in [-0.25, -0.2) is 4.79 Å². The summed E-state index contributed by atoms with van der Waals surface area (Å²) in [7, 11) is 0. The highest BCUT2D eigenvalue weighted by atomic mass is 16.5. The van der Waals surface area contributed by atoms with E-state index in [0.717, 1.165) is 102 Å². The fourth-order valence-electron chi connectivity index (χ4n) is 6.61. The van der Waals surface area contributed by atoms with Gasteiger partial charge in [0.25, 0.3) is 0 Å². The number of ether oxygens (including phenoxy) is 2. The first-order valence-electron chi connectivity index (χ1n) is 18.4. The molecule has 0 bridgehead atoms. The molecule has 5 atom stereocenters. The van der Waals surface area contributed by atoms with Gasteiger partial charge in [0, 0.05) is 18.4 Å². The van der Waals surface area contributed by atoms with Crippen molar-refractivity contribution in [3.63, 3.8) is 0 Å². The lowest BCUT2D eigenvalue weighted by atomic mass is 10.00. The molecule has 0 amide bonds. The molecule has 0 saturated carbocycles. The second-order valence-electron chi connectivity index (χ2n) is 13.5. The molecule has 2 heterocycles. The monoisotopic (exact) mass is 606 g/mol. The molecule has 2 N–H and O–H groups in total. The van der Waals surface area contributed by atoms with Crippen LogP contribution in [0.1, 0.15) is 181 Å². The van der Waals surface area contributed by atoms with E-state index in [-0.39, 0.29) is 24.3 Å². The smallest absolute Gasteiger partial charge is 0.334 e. The Kier molecular flexibility index (Phi) is 21.2. The summed E-state index contributed by atoms with van der Waals surface area (Å²) in [5.74, 6) is 0.288. The zero-order chi connectivity index (χ0) is 31.1. The molecule has 0 aromatic rings. The van der Waals surface area contributed by atoms with Crippen molar-refractivity contribution in [1.82, 2.24) is 0 Å². The Balaban J connectivity index is 1.34. The molecule has 0 radical (unpaired) electrons. The third-order valence-electron chi connectivity index (χ3n) is 9.40. The van der Waals surface area contributed by atoms with Crippen molar-refractivity contribution in [3.8, 4) is 0 Å². The number of carbonyl (C=O) groups is 2. The molecule has 1 saturated heterocycles. The van der Waals surface area contributed by atoms with Gasteiger partial charge in [0.05, 0.1) is 24.4 Å². The Labute approximate surface area is 263 Å². The van der Waals surface area contributed by atoms with Crippen LogP contribution in [0.15, 0.2) is 11.6 Å². The molecular formula is C37H66O6. The maximum absolute atomic E-state index is 11.9. The van der Waals surface area contributed by atoms with Crippen LogP contribution in [-0.4, -0.2) is 52.5 Å². The highest BCUT2D eigenvalue weighted by molar-refractivity contribution is 5.90. The van der Waals surface area contributed by atoms with Crippen LogP contribution in [-0.2, 0) is 19.1 Å². The number of esters is 1. The number of hydrogen-bond donors (Lipinski definition) is 2. The third-order valence-corrected chi connectivity index (χ3v) is 9.40. The average molecular weight is 607 g/mol. The molecular weight excluding hydrogens is 540 g/mol. The first-order chi connectivity index (χ1) is 20.9. The SMILES string of the molecule is CCCCCC(=O)CCCCCC[C@@H](O)[C@H]1CC[C@H]([C@H](O)CCCCCCCCCCCCCCC2=C[C@H](C)OC2=O)O1. The van der Waals surface area contributed by atoms with Gasteiger partial charge in [-0.1, -0.05) is 110 Å². The van der Waals surface area contributed by atoms with Gasteiger partial charge in [-0.05, 0) is 64.4 Å². The van der Waals surface area contributed by atoms with Gasteiger partial charge in [0.2, 0.25) is 0 Å². The lowest BCUT2D eigenvalue weighted by Gasteiger charge is -2.22. The van der Waals surface area contributed by atoms with Crippen molar-refractivity contribution in [2.45, 2.75) is 211 Å². The molecule has 0 aromatic heterocycles. The fraction of sp³-hybridized carbons (Fsp3) is 0.892. The minimum Gasteiger partial charge on any atom is -0.455 e. The average Bonchev–Trinajstić information content (AvgIpc) is 3.61. The van der Waals surface area contributed by atoms with Crippen molar-refractivity contribution < 1.29 is 29.3 Å². The summed E-state index contributed by atoms with van der Waals surface area (Å²) < 4.78 is 11.2. The number of ketones is 1. The molecule has 43 heavy (non-hydrogen) atoms. The van der Waals surface area contributed by atoms with E-state index in [9.17, 15) is 19.8 Å². The lowest BCUT2D eigenvalue weighted by Crippen LogP contribution is -2.31. The van der Waals surface area contributed by atoms with Gasteiger partial charge in [-0.2, -0.15) is 0 Å². The Morgan fingerprint density at radius 1 is 0.721 bits per heavy atom. The van der Waals surface area contributed by atoms with Gasteiger partial charge in [-0.15, -0.1) is 0 Å². The summed E-state index contributed by atoms with van der Waals surface area (Å²) >= 11 is 0. The summed E-state index contributed by atoms with van der Waals surface area (Å²) in [6.07, 6.45) is 28.5. The van der Waals surface area contributed by atoms with Gasteiger partial charge in [0.1, 0.15) is 11.9 Å². The van der Waals surface area contributed by atoms with Crippen LogP contribution in [0.4, 0.5) is 0 Å². The van der Waals surface area contributed by atoms with Crippen LogP contribution < -0.4 is 0 Å². The molecule has 6 heteroatoms. The second-order valence-corrected chi connectivity index (χ2v) is 13.5. The van der Waals surface area contributed by atoms with E-state index < -0.39 is 12.2 Å². The number of carbonyl (C=O) groups excluding carboxylic acids is 2. The van der Waals surface area contributed by atoms with Crippen molar-refractivity contribution in [2.75, 3.05) is 0 Å². The molecule has 250 valence electrons. The number of cyclic esters (lactones) is 1. The van der Waals surface area contributed by atoms with Crippen LogP contribution in [0.5, 0.6) is 0 Å². The first-order valence-corrected chi connectivity index (χ1v) is 18.4. The predicted octanol–water partition coefficient (Wildman–Crippen LogP) is 9.08. The Morgan fingerprint density at radius 2 is 1.16 bits per heavy atom. The maximum atomic E-state index is 11.9. The number of hydrogen-bond acceptors (Lipinski definition) is 6.